The standard InChI is InChI=1S/C23H25N5/c24-16-21-15-22(25)23(28(21)18-20-9-5-2-6-10-20)27-13-11-26(12-14-27)17-19-7-3-1-4-8-19/h1-10,15H,11-14,17-18,25H2. The summed E-state index contributed by atoms with van der Waals surface area (Å²) in [5, 5.41) is 9.59. The Balaban J connectivity index is 1.50. The van der Waals surface area contributed by atoms with E-state index in [1.165, 1.54) is 11.1 Å². The third-order valence-electron chi connectivity index (χ3n) is 5.32. The highest BCUT2D eigenvalue weighted by molar-refractivity contribution is 5.68. The third-order valence-corrected chi connectivity index (χ3v) is 5.32. The van der Waals surface area contributed by atoms with E-state index >= 15 is 0 Å². The Labute approximate surface area is 166 Å². The average molecular weight is 371 g/mol. The van der Waals surface area contributed by atoms with Gasteiger partial charge in [0.1, 0.15) is 17.6 Å². The van der Waals surface area contributed by atoms with Gasteiger partial charge in [-0.3, -0.25) is 4.90 Å². The number of nitrogen functional groups attached to an aromatic ring is 1. The number of benzene rings is 2. The number of aromatic nitrogens is 1. The molecule has 4 rings (SSSR count). The fourth-order valence-corrected chi connectivity index (χ4v) is 3.89. The Kier molecular flexibility index (Phi) is 5.31. The van der Waals surface area contributed by atoms with Crippen molar-refractivity contribution in [3.8, 4) is 6.07 Å². The van der Waals surface area contributed by atoms with E-state index in [0.29, 0.717) is 17.9 Å². The summed E-state index contributed by atoms with van der Waals surface area (Å²) in [6, 6.07) is 24.9. The average Bonchev–Trinajstić information content (AvgIpc) is 3.05. The molecule has 1 aliphatic rings. The molecule has 142 valence electrons. The molecule has 0 radical (unpaired) electrons. The number of piperazine rings is 1. The van der Waals surface area contributed by atoms with Crippen molar-refractivity contribution in [1.82, 2.24) is 9.47 Å². The molecule has 0 saturated carbocycles. The van der Waals surface area contributed by atoms with E-state index in [-0.39, 0.29) is 0 Å². The minimum Gasteiger partial charge on any atom is -0.396 e. The van der Waals surface area contributed by atoms with Crippen LogP contribution in [0.5, 0.6) is 0 Å². The summed E-state index contributed by atoms with van der Waals surface area (Å²) in [4.78, 5) is 4.79. The SMILES string of the molecule is N#Cc1cc(N)c(N2CCN(Cc3ccccc3)CC2)n1Cc1ccccc1. The van der Waals surface area contributed by atoms with Crippen LogP contribution in [-0.2, 0) is 13.1 Å². The summed E-state index contributed by atoms with van der Waals surface area (Å²) < 4.78 is 2.05. The fourth-order valence-electron chi connectivity index (χ4n) is 3.89. The van der Waals surface area contributed by atoms with E-state index in [4.69, 9.17) is 5.73 Å². The molecule has 28 heavy (non-hydrogen) atoms. The molecule has 0 unspecified atom stereocenters. The van der Waals surface area contributed by atoms with E-state index < -0.39 is 0 Å². The molecular weight excluding hydrogens is 346 g/mol. The number of nitrogens with zero attached hydrogens (tertiary/aromatic N) is 4. The second kappa shape index (κ2) is 8.20. The molecule has 2 heterocycles. The van der Waals surface area contributed by atoms with Crippen LogP contribution in [0, 0.1) is 11.3 Å². The first-order valence-electron chi connectivity index (χ1n) is 9.69. The molecule has 1 aliphatic heterocycles. The zero-order chi connectivity index (χ0) is 19.3. The van der Waals surface area contributed by atoms with Gasteiger partial charge in [-0.2, -0.15) is 5.26 Å². The molecule has 1 saturated heterocycles. The number of anilines is 2. The number of hydrogen-bond donors (Lipinski definition) is 1. The summed E-state index contributed by atoms with van der Waals surface area (Å²) >= 11 is 0. The van der Waals surface area contributed by atoms with E-state index in [2.05, 4.69) is 62.9 Å². The Morgan fingerprint density at radius 1 is 0.821 bits per heavy atom. The molecule has 1 aromatic heterocycles. The van der Waals surface area contributed by atoms with Crippen LogP contribution in [0.3, 0.4) is 0 Å². The van der Waals surface area contributed by atoms with E-state index in [9.17, 15) is 5.26 Å². The molecule has 3 aromatic rings. The summed E-state index contributed by atoms with van der Waals surface area (Å²) in [6.07, 6.45) is 0. The molecule has 5 heteroatoms. The lowest BCUT2D eigenvalue weighted by Crippen LogP contribution is -2.46. The fraction of sp³-hybridized carbons (Fsp3) is 0.261. The zero-order valence-corrected chi connectivity index (χ0v) is 16.0. The maximum absolute atomic E-state index is 9.59. The minimum atomic E-state index is 0.614. The summed E-state index contributed by atoms with van der Waals surface area (Å²) in [5.41, 5.74) is 10.1. The van der Waals surface area contributed by atoms with Crippen LogP contribution in [0.1, 0.15) is 16.8 Å². The number of nitrogens with two attached hydrogens (primary N) is 1. The second-order valence-corrected chi connectivity index (χ2v) is 7.24. The van der Waals surface area contributed by atoms with Gasteiger partial charge in [-0.25, -0.2) is 0 Å². The van der Waals surface area contributed by atoms with E-state index in [1.807, 2.05) is 18.2 Å². The van der Waals surface area contributed by atoms with Gasteiger partial charge < -0.3 is 15.2 Å². The van der Waals surface area contributed by atoms with Crippen molar-refractivity contribution in [2.45, 2.75) is 13.1 Å². The number of rotatable bonds is 5. The largest absolute Gasteiger partial charge is 0.396 e. The highest BCUT2D eigenvalue weighted by Crippen LogP contribution is 2.30. The molecule has 1 fully saturated rings. The maximum Gasteiger partial charge on any atom is 0.133 e. The van der Waals surface area contributed by atoms with Crippen LogP contribution in [0.4, 0.5) is 11.5 Å². The first-order chi connectivity index (χ1) is 13.7. The first-order valence-corrected chi connectivity index (χ1v) is 9.69. The number of hydrogen-bond acceptors (Lipinski definition) is 4. The van der Waals surface area contributed by atoms with Crippen LogP contribution in [0.25, 0.3) is 0 Å². The van der Waals surface area contributed by atoms with Crippen molar-refractivity contribution in [3.63, 3.8) is 0 Å². The molecule has 0 amide bonds. The highest BCUT2D eigenvalue weighted by Gasteiger charge is 2.23. The molecule has 0 spiro atoms. The van der Waals surface area contributed by atoms with Gasteiger partial charge in [0.25, 0.3) is 0 Å². The molecular formula is C23H25N5. The van der Waals surface area contributed by atoms with Crippen molar-refractivity contribution in [3.05, 3.63) is 83.6 Å². The molecule has 0 bridgehead atoms. The predicted octanol–water partition coefficient (Wildman–Crippen LogP) is 3.31. The Bertz CT molecular complexity index is 948. The lowest BCUT2D eigenvalue weighted by atomic mass is 10.2. The molecule has 2 aromatic carbocycles. The molecule has 2 N–H and O–H groups in total. The molecule has 0 aliphatic carbocycles. The quantitative estimate of drug-likeness (QED) is 0.747. The van der Waals surface area contributed by atoms with Crippen molar-refractivity contribution in [2.24, 2.45) is 0 Å². The topological polar surface area (TPSA) is 61.2 Å². The van der Waals surface area contributed by atoms with Gasteiger partial charge in [0.15, 0.2) is 0 Å². The van der Waals surface area contributed by atoms with E-state index in [1.54, 1.807) is 6.07 Å². The summed E-state index contributed by atoms with van der Waals surface area (Å²) in [5.74, 6) is 0.972. The Hall–Kier alpha value is -3.23. The van der Waals surface area contributed by atoms with Gasteiger partial charge in [-0.05, 0) is 17.2 Å². The Morgan fingerprint density at radius 2 is 1.39 bits per heavy atom. The predicted molar refractivity (Wildman–Crippen MR) is 113 cm³/mol. The van der Waals surface area contributed by atoms with Gasteiger partial charge >= 0.3 is 0 Å². The second-order valence-electron chi connectivity index (χ2n) is 7.24. The van der Waals surface area contributed by atoms with Gasteiger partial charge in [-0.1, -0.05) is 60.7 Å². The first kappa shape index (κ1) is 18.1. The van der Waals surface area contributed by atoms with Crippen LogP contribution in [0.2, 0.25) is 0 Å². The van der Waals surface area contributed by atoms with Gasteiger partial charge in [-0.15, -0.1) is 0 Å². The third kappa shape index (κ3) is 3.88. The Morgan fingerprint density at radius 3 is 1.96 bits per heavy atom. The summed E-state index contributed by atoms with van der Waals surface area (Å²) in [7, 11) is 0. The normalized spacial score (nSPS) is 14.8. The van der Waals surface area contributed by atoms with Crippen LogP contribution in [0.15, 0.2) is 66.7 Å². The van der Waals surface area contributed by atoms with Crippen molar-refractivity contribution in [1.29, 1.82) is 5.26 Å². The summed E-state index contributed by atoms with van der Waals surface area (Å²) in [6.45, 7) is 5.39. The smallest absolute Gasteiger partial charge is 0.133 e. The van der Waals surface area contributed by atoms with E-state index in [0.717, 1.165) is 38.5 Å². The van der Waals surface area contributed by atoms with Crippen molar-refractivity contribution >= 4 is 11.5 Å². The van der Waals surface area contributed by atoms with Crippen LogP contribution < -0.4 is 10.6 Å². The van der Waals surface area contributed by atoms with Gasteiger partial charge in [0.2, 0.25) is 0 Å². The monoisotopic (exact) mass is 371 g/mol. The van der Waals surface area contributed by atoms with Crippen molar-refractivity contribution in [2.75, 3.05) is 36.8 Å². The maximum atomic E-state index is 9.59. The van der Waals surface area contributed by atoms with Gasteiger partial charge in [0.05, 0.1) is 12.2 Å². The molecule has 5 nitrogen and oxygen atoms in total. The molecule has 0 atom stereocenters. The lowest BCUT2D eigenvalue weighted by molar-refractivity contribution is 0.249. The van der Waals surface area contributed by atoms with Crippen LogP contribution in [-0.4, -0.2) is 35.6 Å². The van der Waals surface area contributed by atoms with Gasteiger partial charge in [0, 0.05) is 32.7 Å². The van der Waals surface area contributed by atoms with Crippen LogP contribution >= 0.6 is 0 Å². The number of nitriles is 1. The zero-order valence-electron chi connectivity index (χ0n) is 16.0. The highest BCUT2D eigenvalue weighted by atomic mass is 15.3. The van der Waals surface area contributed by atoms with Crippen molar-refractivity contribution < 1.29 is 0 Å². The minimum absolute atomic E-state index is 0.614. The lowest BCUT2D eigenvalue weighted by Gasteiger charge is -2.36.